The molecule has 0 aliphatic carbocycles. The Morgan fingerprint density at radius 1 is 1.06 bits per heavy atom. The van der Waals surface area contributed by atoms with Crippen molar-refractivity contribution in [3.8, 4) is 0 Å². The number of aromatic nitrogens is 2. The molecule has 6 nitrogen and oxygen atoms in total. The highest BCUT2D eigenvalue weighted by Gasteiger charge is 2.28. The molecule has 0 saturated carbocycles. The normalized spacial score (nSPS) is 17.1. The third kappa shape index (κ3) is 3.86. The maximum absolute atomic E-state index is 13.2. The standard InChI is InChI=1S/C24H28FN5OS/c1-3-20-26-22(21-18-9-10-28(4-2)15-19(18)32-23(21)27-20)29-11-13-30(14-12-29)24(31)16-5-7-17(25)8-6-16/h5-8H,3-4,9-15H2,1-2H3. The second-order valence-corrected chi connectivity index (χ2v) is 9.49. The van der Waals surface area contributed by atoms with Gasteiger partial charge in [-0.05, 0) is 42.8 Å². The molecule has 1 fully saturated rings. The van der Waals surface area contributed by atoms with E-state index in [0.29, 0.717) is 18.7 Å². The molecule has 168 valence electrons. The number of hydrogen-bond acceptors (Lipinski definition) is 6. The summed E-state index contributed by atoms with van der Waals surface area (Å²) in [7, 11) is 0. The minimum absolute atomic E-state index is 0.0423. The van der Waals surface area contributed by atoms with E-state index >= 15 is 0 Å². The van der Waals surface area contributed by atoms with Crippen molar-refractivity contribution in [2.24, 2.45) is 0 Å². The highest BCUT2D eigenvalue weighted by atomic mass is 32.1. The van der Waals surface area contributed by atoms with Crippen LogP contribution in [0.4, 0.5) is 10.2 Å². The van der Waals surface area contributed by atoms with Crippen molar-refractivity contribution in [1.29, 1.82) is 0 Å². The van der Waals surface area contributed by atoms with Crippen molar-refractivity contribution in [3.63, 3.8) is 0 Å². The van der Waals surface area contributed by atoms with Crippen LogP contribution in [0.2, 0.25) is 0 Å². The monoisotopic (exact) mass is 453 g/mol. The Balaban J connectivity index is 1.41. The van der Waals surface area contributed by atoms with Crippen molar-refractivity contribution >= 4 is 33.3 Å². The molecule has 0 spiro atoms. The molecule has 1 saturated heterocycles. The number of aryl methyl sites for hydroxylation is 1. The predicted molar refractivity (Wildman–Crippen MR) is 126 cm³/mol. The summed E-state index contributed by atoms with van der Waals surface area (Å²) in [5.74, 6) is 1.54. The summed E-state index contributed by atoms with van der Waals surface area (Å²) in [6, 6.07) is 5.80. The van der Waals surface area contributed by atoms with Crippen LogP contribution in [0, 0.1) is 5.82 Å². The molecule has 8 heteroatoms. The predicted octanol–water partition coefficient (Wildman–Crippen LogP) is 3.73. The minimum atomic E-state index is -0.327. The van der Waals surface area contributed by atoms with Gasteiger partial charge < -0.3 is 9.80 Å². The molecule has 1 aromatic carbocycles. The molecule has 3 aromatic rings. The van der Waals surface area contributed by atoms with Crippen molar-refractivity contribution < 1.29 is 9.18 Å². The number of likely N-dealkylation sites (N-methyl/N-ethyl adjacent to an activating group) is 1. The number of benzene rings is 1. The molecular weight excluding hydrogens is 425 g/mol. The van der Waals surface area contributed by atoms with Gasteiger partial charge in [-0.2, -0.15) is 0 Å². The molecule has 0 bridgehead atoms. The summed E-state index contributed by atoms with van der Waals surface area (Å²) in [6.07, 6.45) is 1.84. The van der Waals surface area contributed by atoms with E-state index in [2.05, 4.69) is 23.6 Å². The van der Waals surface area contributed by atoms with Gasteiger partial charge >= 0.3 is 0 Å². The third-order valence-electron chi connectivity index (χ3n) is 6.53. The van der Waals surface area contributed by atoms with Crippen LogP contribution in [0.1, 0.15) is 40.5 Å². The quantitative estimate of drug-likeness (QED) is 0.603. The zero-order valence-corrected chi connectivity index (χ0v) is 19.4. The molecule has 5 rings (SSSR count). The minimum Gasteiger partial charge on any atom is -0.352 e. The van der Waals surface area contributed by atoms with E-state index in [4.69, 9.17) is 9.97 Å². The number of hydrogen-bond donors (Lipinski definition) is 0. The number of anilines is 1. The summed E-state index contributed by atoms with van der Waals surface area (Å²) < 4.78 is 13.2. The molecule has 0 radical (unpaired) electrons. The van der Waals surface area contributed by atoms with E-state index < -0.39 is 0 Å². The van der Waals surface area contributed by atoms with Crippen LogP contribution in [0.5, 0.6) is 0 Å². The average molecular weight is 454 g/mol. The molecule has 0 atom stereocenters. The van der Waals surface area contributed by atoms with Crippen LogP contribution < -0.4 is 4.90 Å². The van der Waals surface area contributed by atoms with Gasteiger partial charge in [0.15, 0.2) is 0 Å². The Labute approximate surface area is 191 Å². The summed E-state index contributed by atoms with van der Waals surface area (Å²) in [4.78, 5) is 31.8. The number of rotatable bonds is 4. The van der Waals surface area contributed by atoms with Gasteiger partial charge in [-0.1, -0.05) is 13.8 Å². The van der Waals surface area contributed by atoms with E-state index in [1.54, 1.807) is 12.1 Å². The first-order valence-corrected chi connectivity index (χ1v) is 12.2. The largest absolute Gasteiger partial charge is 0.352 e. The maximum atomic E-state index is 13.2. The van der Waals surface area contributed by atoms with Crippen LogP contribution in [0.3, 0.4) is 0 Å². The Morgan fingerprint density at radius 3 is 2.50 bits per heavy atom. The number of fused-ring (bicyclic) bond motifs is 3. The van der Waals surface area contributed by atoms with Gasteiger partial charge in [-0.15, -0.1) is 11.3 Å². The average Bonchev–Trinajstić information content (AvgIpc) is 3.21. The van der Waals surface area contributed by atoms with Crippen molar-refractivity contribution in [1.82, 2.24) is 19.8 Å². The van der Waals surface area contributed by atoms with Crippen LogP contribution in [0.25, 0.3) is 10.2 Å². The SMILES string of the molecule is CCc1nc(N2CCN(C(=O)c3ccc(F)cc3)CC2)c2c3c(sc2n1)CN(CC)CC3. The third-order valence-corrected chi connectivity index (χ3v) is 7.64. The highest BCUT2D eigenvalue weighted by molar-refractivity contribution is 7.19. The summed E-state index contributed by atoms with van der Waals surface area (Å²) in [5.41, 5.74) is 1.95. The lowest BCUT2D eigenvalue weighted by Crippen LogP contribution is -2.49. The Bertz CT molecular complexity index is 1140. The number of piperazine rings is 1. The fraction of sp³-hybridized carbons (Fsp3) is 0.458. The van der Waals surface area contributed by atoms with Gasteiger partial charge in [0, 0.05) is 56.1 Å². The van der Waals surface area contributed by atoms with Crippen LogP contribution >= 0.6 is 11.3 Å². The van der Waals surface area contributed by atoms with E-state index in [9.17, 15) is 9.18 Å². The maximum Gasteiger partial charge on any atom is 0.253 e. The first-order valence-electron chi connectivity index (χ1n) is 11.4. The molecule has 0 unspecified atom stereocenters. The zero-order valence-electron chi connectivity index (χ0n) is 18.6. The smallest absolute Gasteiger partial charge is 0.253 e. The van der Waals surface area contributed by atoms with Crippen LogP contribution in [-0.2, 0) is 19.4 Å². The molecular formula is C24H28FN5OS. The number of nitrogens with zero attached hydrogens (tertiary/aromatic N) is 5. The fourth-order valence-corrected chi connectivity index (χ4v) is 5.90. The Morgan fingerprint density at radius 2 is 1.81 bits per heavy atom. The van der Waals surface area contributed by atoms with Crippen molar-refractivity contribution in [2.75, 3.05) is 44.2 Å². The lowest BCUT2D eigenvalue weighted by molar-refractivity contribution is 0.0746. The second kappa shape index (κ2) is 8.75. The second-order valence-electron chi connectivity index (χ2n) is 8.41. The van der Waals surface area contributed by atoms with Crippen molar-refractivity contribution in [2.45, 2.75) is 33.2 Å². The van der Waals surface area contributed by atoms with Gasteiger partial charge in [-0.25, -0.2) is 14.4 Å². The molecule has 4 heterocycles. The van der Waals surface area contributed by atoms with Gasteiger partial charge in [-0.3, -0.25) is 9.69 Å². The molecule has 32 heavy (non-hydrogen) atoms. The summed E-state index contributed by atoms with van der Waals surface area (Å²) in [5, 5.41) is 1.22. The first-order chi connectivity index (χ1) is 15.6. The summed E-state index contributed by atoms with van der Waals surface area (Å²) >= 11 is 1.82. The van der Waals surface area contributed by atoms with E-state index in [1.165, 1.54) is 28.0 Å². The topological polar surface area (TPSA) is 52.6 Å². The van der Waals surface area contributed by atoms with E-state index in [0.717, 1.165) is 62.0 Å². The molecule has 2 aromatic heterocycles. The lowest BCUT2D eigenvalue weighted by Gasteiger charge is -2.36. The molecule has 1 amide bonds. The number of halogens is 1. The molecule has 2 aliphatic heterocycles. The van der Waals surface area contributed by atoms with Gasteiger partial charge in [0.05, 0.1) is 5.39 Å². The van der Waals surface area contributed by atoms with Gasteiger partial charge in [0.1, 0.15) is 22.3 Å². The fourth-order valence-electron chi connectivity index (χ4n) is 4.62. The number of carbonyl (C=O) groups excluding carboxylic acids is 1. The zero-order chi connectivity index (χ0) is 22.2. The first kappa shape index (κ1) is 21.3. The van der Waals surface area contributed by atoms with Crippen LogP contribution in [0.15, 0.2) is 24.3 Å². The van der Waals surface area contributed by atoms with Crippen LogP contribution in [-0.4, -0.2) is 64.9 Å². The van der Waals surface area contributed by atoms with Gasteiger partial charge in [0.25, 0.3) is 5.91 Å². The van der Waals surface area contributed by atoms with E-state index in [1.807, 2.05) is 16.2 Å². The van der Waals surface area contributed by atoms with Gasteiger partial charge in [0.2, 0.25) is 0 Å². The van der Waals surface area contributed by atoms with E-state index in [-0.39, 0.29) is 11.7 Å². The number of thiophene rings is 1. The lowest BCUT2D eigenvalue weighted by atomic mass is 10.0. The summed E-state index contributed by atoms with van der Waals surface area (Å²) in [6.45, 7) is 10.1. The Kier molecular flexibility index (Phi) is 5.82. The number of carbonyl (C=O) groups is 1. The number of amides is 1. The molecule has 2 aliphatic rings. The van der Waals surface area contributed by atoms with Crippen molar-refractivity contribution in [3.05, 3.63) is 51.9 Å². The molecule has 0 N–H and O–H groups in total. The Hall–Kier alpha value is -2.58. The highest BCUT2D eigenvalue weighted by Crippen LogP contribution is 2.39.